The number of nitro groups is 2. The Labute approximate surface area is 154 Å². The van der Waals surface area contributed by atoms with E-state index in [1.54, 1.807) is 12.1 Å². The van der Waals surface area contributed by atoms with Crippen LogP contribution in [0.5, 0.6) is 0 Å². The van der Waals surface area contributed by atoms with Gasteiger partial charge in [0, 0.05) is 18.7 Å². The van der Waals surface area contributed by atoms with E-state index in [1.807, 2.05) is 0 Å². The van der Waals surface area contributed by atoms with Crippen LogP contribution in [0.25, 0.3) is 0 Å². The zero-order valence-corrected chi connectivity index (χ0v) is 13.4. The zero-order valence-electron chi connectivity index (χ0n) is 13.4. The monoisotopic (exact) mass is 379 g/mol. The number of carbonyl (C=O) groups excluding carboxylic acids is 1. The van der Waals surface area contributed by atoms with Crippen LogP contribution in [0.2, 0.25) is 0 Å². The number of rotatable bonds is 8. The predicted molar refractivity (Wildman–Crippen MR) is 94.9 cm³/mol. The van der Waals surface area contributed by atoms with Crippen molar-refractivity contribution in [2.75, 3.05) is 13.2 Å². The Morgan fingerprint density at radius 2 is 1.59 bits per heavy atom. The molecule has 144 valence electrons. The summed E-state index contributed by atoms with van der Waals surface area (Å²) in [6, 6.07) is 8.43. The number of nitrogens with one attached hydrogen (secondary N) is 1. The highest BCUT2D eigenvalue weighted by atomic mass is 19.1. The highest BCUT2D eigenvalue weighted by Crippen LogP contribution is 2.22. The lowest BCUT2D eigenvalue weighted by Crippen LogP contribution is -2.27. The predicted octanol–water partition coefficient (Wildman–Crippen LogP) is 3.22. The highest BCUT2D eigenvalue weighted by molar-refractivity contribution is 5.95. The van der Waals surface area contributed by atoms with Crippen LogP contribution in [-0.4, -0.2) is 28.9 Å². The molecule has 0 radical (unpaired) electrons. The van der Waals surface area contributed by atoms with Gasteiger partial charge < -0.3 is 10.1 Å². The Kier molecular flexibility index (Phi) is 7.95. The molecule has 27 heavy (non-hydrogen) atoms. The third kappa shape index (κ3) is 6.44. The molecule has 0 spiro atoms. The molecule has 1 amide bonds. The van der Waals surface area contributed by atoms with Crippen LogP contribution >= 0.6 is 0 Å². The van der Waals surface area contributed by atoms with Crippen molar-refractivity contribution in [3.63, 3.8) is 0 Å². The molecule has 0 saturated heterocycles. The van der Waals surface area contributed by atoms with E-state index in [4.69, 9.17) is 4.74 Å². The minimum absolute atomic E-state index is 0. The van der Waals surface area contributed by atoms with Gasteiger partial charge in [0.15, 0.2) is 0 Å². The second kappa shape index (κ2) is 9.92. The van der Waals surface area contributed by atoms with E-state index < -0.39 is 27.1 Å². The van der Waals surface area contributed by atoms with Crippen molar-refractivity contribution in [3.05, 3.63) is 79.6 Å². The Morgan fingerprint density at radius 3 is 2.11 bits per heavy atom. The number of halogens is 1. The molecule has 2 aromatic carbocycles. The van der Waals surface area contributed by atoms with Gasteiger partial charge >= 0.3 is 0 Å². The smallest absolute Gasteiger partial charge is 0.277 e. The van der Waals surface area contributed by atoms with E-state index >= 15 is 0 Å². The van der Waals surface area contributed by atoms with E-state index in [9.17, 15) is 29.4 Å². The molecule has 2 rings (SSSR count). The summed E-state index contributed by atoms with van der Waals surface area (Å²) in [6.07, 6.45) is 0. The summed E-state index contributed by atoms with van der Waals surface area (Å²) >= 11 is 0. The number of non-ortho nitro benzene ring substituents is 2. The standard InChI is InChI=1S/C16H14FN3O6.CH4/c17-13-3-1-11(2-4-13)10-26-6-5-18-16(21)12-7-14(19(22)23)9-15(8-12)20(24)25;/h1-4,7-9H,5-6,10H2,(H,18,21);1H4. The van der Waals surface area contributed by atoms with E-state index in [-0.39, 0.29) is 38.6 Å². The summed E-state index contributed by atoms with van der Waals surface area (Å²) in [5, 5.41) is 24.1. The minimum atomic E-state index is -0.810. The normalized spacial score (nSPS) is 9.96. The average molecular weight is 379 g/mol. The van der Waals surface area contributed by atoms with Gasteiger partial charge in [-0.2, -0.15) is 0 Å². The van der Waals surface area contributed by atoms with Crippen LogP contribution in [0.4, 0.5) is 15.8 Å². The van der Waals surface area contributed by atoms with Gasteiger partial charge in [0.05, 0.1) is 34.7 Å². The van der Waals surface area contributed by atoms with Gasteiger partial charge in [-0.3, -0.25) is 25.0 Å². The average Bonchev–Trinajstić information content (AvgIpc) is 2.62. The number of nitrogens with zero attached hydrogens (tertiary/aromatic N) is 2. The van der Waals surface area contributed by atoms with Crippen LogP contribution in [0, 0.1) is 26.0 Å². The lowest BCUT2D eigenvalue weighted by molar-refractivity contribution is -0.394. The fraction of sp³-hybridized carbons (Fsp3) is 0.235. The Hall–Kier alpha value is -3.40. The fourth-order valence-electron chi connectivity index (χ4n) is 2.05. The first-order valence-corrected chi connectivity index (χ1v) is 7.41. The van der Waals surface area contributed by atoms with E-state index in [2.05, 4.69) is 5.32 Å². The number of carbonyl (C=O) groups is 1. The molecule has 10 heteroatoms. The van der Waals surface area contributed by atoms with Crippen molar-refractivity contribution in [2.24, 2.45) is 0 Å². The molecule has 0 aliphatic heterocycles. The summed E-state index contributed by atoms with van der Waals surface area (Å²) in [4.78, 5) is 32.0. The van der Waals surface area contributed by atoms with Crippen LogP contribution in [0.3, 0.4) is 0 Å². The van der Waals surface area contributed by atoms with Gasteiger partial charge in [-0.1, -0.05) is 19.6 Å². The lowest BCUT2D eigenvalue weighted by atomic mass is 10.1. The number of ether oxygens (including phenoxy) is 1. The molecule has 0 saturated carbocycles. The molecule has 0 atom stereocenters. The Bertz CT molecular complexity index is 794. The quantitative estimate of drug-likeness (QED) is 0.426. The van der Waals surface area contributed by atoms with Crippen LogP contribution in [0.1, 0.15) is 23.3 Å². The number of hydrogen-bond acceptors (Lipinski definition) is 6. The Balaban J connectivity index is 0.00000364. The first kappa shape index (κ1) is 21.6. The van der Waals surface area contributed by atoms with Crippen molar-refractivity contribution in [1.82, 2.24) is 5.32 Å². The molecule has 0 aliphatic rings. The number of benzene rings is 2. The summed E-state index contributed by atoms with van der Waals surface area (Å²) in [5.74, 6) is -1.05. The van der Waals surface area contributed by atoms with Gasteiger partial charge in [-0.25, -0.2) is 4.39 Å². The van der Waals surface area contributed by atoms with Gasteiger partial charge in [0.2, 0.25) is 0 Å². The molecular formula is C17H18FN3O6. The molecule has 1 N–H and O–H groups in total. The van der Waals surface area contributed by atoms with Crippen molar-refractivity contribution < 1.29 is 23.8 Å². The molecular weight excluding hydrogens is 361 g/mol. The summed E-state index contributed by atoms with van der Waals surface area (Å²) in [6.45, 7) is 0.453. The van der Waals surface area contributed by atoms with Crippen molar-refractivity contribution in [3.8, 4) is 0 Å². The third-order valence-corrected chi connectivity index (χ3v) is 3.30. The van der Waals surface area contributed by atoms with E-state index in [0.29, 0.717) is 0 Å². The topological polar surface area (TPSA) is 125 Å². The summed E-state index contributed by atoms with van der Waals surface area (Å²) in [7, 11) is 0. The second-order valence-corrected chi connectivity index (χ2v) is 5.19. The zero-order chi connectivity index (χ0) is 19.1. The number of nitro benzene ring substituents is 2. The van der Waals surface area contributed by atoms with Crippen LogP contribution in [0.15, 0.2) is 42.5 Å². The van der Waals surface area contributed by atoms with Crippen LogP contribution in [-0.2, 0) is 11.3 Å². The highest BCUT2D eigenvalue weighted by Gasteiger charge is 2.19. The molecule has 0 heterocycles. The number of hydrogen-bond donors (Lipinski definition) is 1. The fourth-order valence-corrected chi connectivity index (χ4v) is 2.05. The maximum Gasteiger partial charge on any atom is 0.277 e. The van der Waals surface area contributed by atoms with Crippen molar-refractivity contribution in [2.45, 2.75) is 14.0 Å². The third-order valence-electron chi connectivity index (χ3n) is 3.30. The molecule has 0 unspecified atom stereocenters. The van der Waals surface area contributed by atoms with Crippen molar-refractivity contribution >= 4 is 17.3 Å². The lowest BCUT2D eigenvalue weighted by Gasteiger charge is -2.07. The number of amides is 1. The minimum Gasteiger partial charge on any atom is -0.375 e. The van der Waals surface area contributed by atoms with Gasteiger partial charge in [0.25, 0.3) is 17.3 Å². The largest absolute Gasteiger partial charge is 0.375 e. The molecule has 0 aliphatic carbocycles. The van der Waals surface area contributed by atoms with E-state index in [1.165, 1.54) is 12.1 Å². The van der Waals surface area contributed by atoms with Crippen LogP contribution < -0.4 is 5.32 Å². The van der Waals surface area contributed by atoms with Gasteiger partial charge in [0.1, 0.15) is 5.82 Å². The summed E-state index contributed by atoms with van der Waals surface area (Å²) < 4.78 is 18.1. The van der Waals surface area contributed by atoms with Crippen molar-refractivity contribution in [1.29, 1.82) is 0 Å². The molecule has 9 nitrogen and oxygen atoms in total. The summed E-state index contributed by atoms with van der Waals surface area (Å²) in [5.41, 5.74) is -0.523. The maximum atomic E-state index is 12.8. The molecule has 0 aromatic heterocycles. The molecule has 0 fully saturated rings. The first-order valence-electron chi connectivity index (χ1n) is 7.41. The first-order chi connectivity index (χ1) is 12.4. The van der Waals surface area contributed by atoms with E-state index in [0.717, 1.165) is 23.8 Å². The molecule has 0 bridgehead atoms. The maximum absolute atomic E-state index is 12.8. The SMILES string of the molecule is C.O=C(NCCOCc1ccc(F)cc1)c1cc([N+](=O)[O-])cc([N+](=O)[O-])c1. The molecule has 2 aromatic rings. The Morgan fingerprint density at radius 1 is 1.04 bits per heavy atom. The second-order valence-electron chi connectivity index (χ2n) is 5.19. The van der Waals surface area contributed by atoms with Gasteiger partial charge in [-0.15, -0.1) is 0 Å². The van der Waals surface area contributed by atoms with Gasteiger partial charge in [-0.05, 0) is 17.7 Å².